The summed E-state index contributed by atoms with van der Waals surface area (Å²) in [5.74, 6) is 0.231. The SMILES string of the molecule is CN1CCCC(N(C)C(=O)C2CCC(=O)NC2)C1. The minimum absolute atomic E-state index is 0.0278. The fraction of sp³-hybridized carbons (Fsp3) is 0.846. The molecular formula is C13H23N3O2. The van der Waals surface area contributed by atoms with E-state index in [-0.39, 0.29) is 17.7 Å². The van der Waals surface area contributed by atoms with Crippen LogP contribution >= 0.6 is 0 Å². The molecule has 5 nitrogen and oxygen atoms in total. The lowest BCUT2D eigenvalue weighted by molar-refractivity contribution is -0.139. The maximum absolute atomic E-state index is 12.4. The van der Waals surface area contributed by atoms with E-state index in [4.69, 9.17) is 0 Å². The van der Waals surface area contributed by atoms with Crippen LogP contribution in [0.2, 0.25) is 0 Å². The Morgan fingerprint density at radius 1 is 1.44 bits per heavy atom. The van der Waals surface area contributed by atoms with E-state index in [0.29, 0.717) is 25.4 Å². The van der Waals surface area contributed by atoms with E-state index in [0.717, 1.165) is 25.9 Å². The van der Waals surface area contributed by atoms with E-state index >= 15 is 0 Å². The average Bonchev–Trinajstić information content (AvgIpc) is 2.38. The molecule has 2 amide bonds. The smallest absolute Gasteiger partial charge is 0.227 e. The van der Waals surface area contributed by atoms with Crippen LogP contribution in [0.15, 0.2) is 0 Å². The van der Waals surface area contributed by atoms with Gasteiger partial charge in [-0.05, 0) is 32.9 Å². The Hall–Kier alpha value is -1.10. The molecule has 2 rings (SSSR count). The van der Waals surface area contributed by atoms with E-state index < -0.39 is 0 Å². The lowest BCUT2D eigenvalue weighted by atomic mass is 9.96. The van der Waals surface area contributed by atoms with Crippen LogP contribution in [0.1, 0.15) is 25.7 Å². The van der Waals surface area contributed by atoms with Gasteiger partial charge < -0.3 is 15.1 Å². The first-order valence-corrected chi connectivity index (χ1v) is 6.80. The number of carbonyl (C=O) groups excluding carboxylic acids is 2. The number of likely N-dealkylation sites (N-methyl/N-ethyl adjacent to an activating group) is 2. The first-order valence-electron chi connectivity index (χ1n) is 6.80. The molecule has 18 heavy (non-hydrogen) atoms. The zero-order valence-electron chi connectivity index (χ0n) is 11.3. The molecule has 0 aliphatic carbocycles. The van der Waals surface area contributed by atoms with Crippen LogP contribution in [0.3, 0.4) is 0 Å². The number of amides is 2. The van der Waals surface area contributed by atoms with Gasteiger partial charge in [-0.3, -0.25) is 9.59 Å². The Balaban J connectivity index is 1.89. The molecule has 0 spiro atoms. The van der Waals surface area contributed by atoms with Crippen molar-refractivity contribution in [3.8, 4) is 0 Å². The van der Waals surface area contributed by atoms with Crippen molar-refractivity contribution in [3.05, 3.63) is 0 Å². The van der Waals surface area contributed by atoms with Crippen molar-refractivity contribution < 1.29 is 9.59 Å². The van der Waals surface area contributed by atoms with Crippen LogP contribution in [0.25, 0.3) is 0 Å². The summed E-state index contributed by atoms with van der Waals surface area (Å²) >= 11 is 0. The fourth-order valence-corrected chi connectivity index (χ4v) is 2.87. The summed E-state index contributed by atoms with van der Waals surface area (Å²) in [5, 5.41) is 2.78. The Labute approximate surface area is 108 Å². The number of nitrogens with one attached hydrogen (secondary N) is 1. The highest BCUT2D eigenvalue weighted by Gasteiger charge is 2.31. The molecule has 2 unspecified atom stereocenters. The quantitative estimate of drug-likeness (QED) is 0.757. The van der Waals surface area contributed by atoms with Gasteiger partial charge in [-0.2, -0.15) is 0 Å². The molecule has 0 aromatic heterocycles. The number of rotatable bonds is 2. The molecule has 0 radical (unpaired) electrons. The standard InChI is InChI=1S/C13H23N3O2/c1-15-7-3-4-11(9-15)16(2)13(18)10-5-6-12(17)14-8-10/h10-11H,3-9H2,1-2H3,(H,14,17). The molecule has 2 fully saturated rings. The topological polar surface area (TPSA) is 52.7 Å². The van der Waals surface area contributed by atoms with Crippen LogP contribution in [0.5, 0.6) is 0 Å². The van der Waals surface area contributed by atoms with Gasteiger partial charge in [0.2, 0.25) is 11.8 Å². The van der Waals surface area contributed by atoms with E-state index in [9.17, 15) is 9.59 Å². The van der Waals surface area contributed by atoms with Gasteiger partial charge in [0.15, 0.2) is 0 Å². The maximum atomic E-state index is 12.4. The van der Waals surface area contributed by atoms with Crippen molar-refractivity contribution in [2.75, 3.05) is 33.7 Å². The van der Waals surface area contributed by atoms with Gasteiger partial charge in [0.05, 0.1) is 5.92 Å². The molecule has 2 aliphatic rings. The van der Waals surface area contributed by atoms with Crippen molar-refractivity contribution in [1.29, 1.82) is 0 Å². The fourth-order valence-electron chi connectivity index (χ4n) is 2.87. The third-order valence-corrected chi connectivity index (χ3v) is 4.11. The molecule has 2 heterocycles. The van der Waals surface area contributed by atoms with Gasteiger partial charge >= 0.3 is 0 Å². The third-order valence-electron chi connectivity index (χ3n) is 4.11. The molecule has 5 heteroatoms. The molecule has 0 bridgehead atoms. The maximum Gasteiger partial charge on any atom is 0.227 e. The minimum atomic E-state index is -0.0278. The molecule has 0 saturated carbocycles. The predicted molar refractivity (Wildman–Crippen MR) is 69.0 cm³/mol. The van der Waals surface area contributed by atoms with Gasteiger partial charge in [0.25, 0.3) is 0 Å². The van der Waals surface area contributed by atoms with Gasteiger partial charge in [-0.15, -0.1) is 0 Å². The average molecular weight is 253 g/mol. The minimum Gasteiger partial charge on any atom is -0.355 e. The molecule has 0 aromatic carbocycles. The highest BCUT2D eigenvalue weighted by Crippen LogP contribution is 2.19. The summed E-state index contributed by atoms with van der Waals surface area (Å²) in [7, 11) is 4.01. The van der Waals surface area contributed by atoms with E-state index in [1.165, 1.54) is 0 Å². The highest BCUT2D eigenvalue weighted by molar-refractivity contribution is 5.83. The summed E-state index contributed by atoms with van der Waals surface area (Å²) < 4.78 is 0. The molecule has 1 N–H and O–H groups in total. The summed E-state index contributed by atoms with van der Waals surface area (Å²) in [6.45, 7) is 2.59. The van der Waals surface area contributed by atoms with Crippen molar-refractivity contribution in [2.45, 2.75) is 31.7 Å². The molecule has 102 valence electrons. The van der Waals surface area contributed by atoms with Crippen LogP contribution in [0.4, 0.5) is 0 Å². The number of piperidine rings is 2. The zero-order valence-corrected chi connectivity index (χ0v) is 11.3. The second kappa shape index (κ2) is 5.69. The Morgan fingerprint density at radius 3 is 2.83 bits per heavy atom. The van der Waals surface area contributed by atoms with E-state index in [1.54, 1.807) is 0 Å². The monoisotopic (exact) mass is 253 g/mol. The van der Waals surface area contributed by atoms with Crippen molar-refractivity contribution in [1.82, 2.24) is 15.1 Å². The summed E-state index contributed by atoms with van der Waals surface area (Å²) in [6, 6.07) is 0.328. The Bertz CT molecular complexity index is 322. The summed E-state index contributed by atoms with van der Waals surface area (Å²) in [5.41, 5.74) is 0. The number of hydrogen-bond donors (Lipinski definition) is 1. The predicted octanol–water partition coefficient (Wildman–Crippen LogP) is 0.0652. The van der Waals surface area contributed by atoms with E-state index in [2.05, 4.69) is 17.3 Å². The normalized spacial score (nSPS) is 29.8. The molecule has 2 saturated heterocycles. The lowest BCUT2D eigenvalue weighted by Gasteiger charge is -2.37. The molecule has 2 aliphatic heterocycles. The van der Waals surface area contributed by atoms with Crippen molar-refractivity contribution >= 4 is 11.8 Å². The van der Waals surface area contributed by atoms with Gasteiger partial charge in [0, 0.05) is 32.6 Å². The summed E-state index contributed by atoms with van der Waals surface area (Å²) in [6.07, 6.45) is 3.41. The second-order valence-corrected chi connectivity index (χ2v) is 5.55. The second-order valence-electron chi connectivity index (χ2n) is 5.55. The van der Waals surface area contributed by atoms with Gasteiger partial charge in [-0.1, -0.05) is 0 Å². The number of hydrogen-bond acceptors (Lipinski definition) is 3. The summed E-state index contributed by atoms with van der Waals surface area (Å²) in [4.78, 5) is 27.6. The first kappa shape index (κ1) is 13.3. The van der Waals surface area contributed by atoms with E-state index in [1.807, 2.05) is 11.9 Å². The van der Waals surface area contributed by atoms with Gasteiger partial charge in [-0.25, -0.2) is 0 Å². The van der Waals surface area contributed by atoms with Gasteiger partial charge in [0.1, 0.15) is 0 Å². The van der Waals surface area contributed by atoms with Crippen LogP contribution < -0.4 is 5.32 Å². The number of likely N-dealkylation sites (tertiary alicyclic amines) is 1. The van der Waals surface area contributed by atoms with Crippen molar-refractivity contribution in [3.63, 3.8) is 0 Å². The largest absolute Gasteiger partial charge is 0.355 e. The molecule has 0 aromatic rings. The Morgan fingerprint density at radius 2 is 2.22 bits per heavy atom. The first-order chi connectivity index (χ1) is 8.58. The number of nitrogens with zero attached hydrogens (tertiary/aromatic N) is 2. The zero-order chi connectivity index (χ0) is 13.1. The van der Waals surface area contributed by atoms with Crippen LogP contribution in [-0.4, -0.2) is 61.4 Å². The number of carbonyl (C=O) groups is 2. The van der Waals surface area contributed by atoms with Crippen molar-refractivity contribution in [2.24, 2.45) is 5.92 Å². The Kier molecular flexibility index (Phi) is 4.22. The van der Waals surface area contributed by atoms with Crippen LogP contribution in [-0.2, 0) is 9.59 Å². The third kappa shape index (κ3) is 3.02. The molecule has 2 atom stereocenters. The molecular weight excluding hydrogens is 230 g/mol. The lowest BCUT2D eigenvalue weighted by Crippen LogP contribution is -2.51. The highest BCUT2D eigenvalue weighted by atomic mass is 16.2. The van der Waals surface area contributed by atoms with Crippen LogP contribution in [0, 0.1) is 5.92 Å².